The van der Waals surface area contributed by atoms with Crippen LogP contribution in [0.1, 0.15) is 33.4 Å². The molecule has 21 nitrogen and oxygen atoms in total. The maximum atomic E-state index is 14.9. The molecule has 1 aromatic heterocycles. The van der Waals surface area contributed by atoms with Crippen LogP contribution in [-0.4, -0.2) is 88.5 Å². The van der Waals surface area contributed by atoms with E-state index >= 15 is 0 Å². The number of hydrogen-bond donors (Lipinski definition) is 0. The van der Waals surface area contributed by atoms with Crippen LogP contribution in [0.15, 0.2) is 190 Å². The van der Waals surface area contributed by atoms with Crippen molar-refractivity contribution in [2.45, 2.75) is 67.4 Å². The summed E-state index contributed by atoms with van der Waals surface area (Å²) in [6.07, 6.45) is -10.4. The summed E-state index contributed by atoms with van der Waals surface area (Å²) >= 11 is 0. The maximum absolute atomic E-state index is 14.9. The number of benzene rings is 6. The first-order chi connectivity index (χ1) is 39.5. The van der Waals surface area contributed by atoms with Gasteiger partial charge in [-0.3, -0.25) is 12.9 Å². The molecule has 0 aliphatic heterocycles. The lowest BCUT2D eigenvalue weighted by Crippen LogP contribution is -2.55. The number of oxime groups is 3. The van der Waals surface area contributed by atoms with Crippen LogP contribution in [0, 0.1) is 20.8 Å². The highest BCUT2D eigenvalue weighted by atomic mass is 32.2. The van der Waals surface area contributed by atoms with Crippen LogP contribution in [0.5, 0.6) is 17.2 Å². The molecule has 7 aromatic rings. The Labute approximate surface area is 473 Å². The number of halogens is 7. The fourth-order valence-electron chi connectivity index (χ4n) is 7.21. The SMILES string of the molecule is Cc1ccc(S(=O)(=O)ON=C(F)c2ccc(OCCn3c(=O)n(CCOc4ccc(/C(=N/OS(=O)(=O)c5ccc(C)cc5)C(F)(F)F)cc4)c(=O)n(CCOc4ccc(/C(=N/OS(=O)(=O)c5ccc(C)cc5)C(F)(F)F)cc4)c3=O)cc2)cc1. The fraction of sp³-hybridized carbons (Fsp3) is 0.208. The zero-order chi connectivity index (χ0) is 61.2. The van der Waals surface area contributed by atoms with Crippen LogP contribution in [0.2, 0.25) is 0 Å². The molecule has 0 N–H and O–H groups in total. The van der Waals surface area contributed by atoms with Gasteiger partial charge in [0.15, 0.2) is 11.4 Å². The van der Waals surface area contributed by atoms with Gasteiger partial charge in [-0.1, -0.05) is 63.4 Å². The van der Waals surface area contributed by atoms with Gasteiger partial charge < -0.3 is 14.2 Å². The highest BCUT2D eigenvalue weighted by Gasteiger charge is 2.40. The van der Waals surface area contributed by atoms with E-state index in [0.29, 0.717) is 24.8 Å². The minimum Gasteiger partial charge on any atom is -0.492 e. The monoisotopic (exact) mass is 1230 g/mol. The molecule has 0 radical (unpaired) electrons. The molecule has 7 rings (SSSR count). The molecule has 0 saturated carbocycles. The Morgan fingerprint density at radius 3 is 0.905 bits per heavy atom. The number of alkyl halides is 6. The summed E-state index contributed by atoms with van der Waals surface area (Å²) < 4.78 is 207. The topological polar surface area (TPSA) is 261 Å². The molecule has 1 heterocycles. The number of nitrogens with zero attached hydrogens (tertiary/aromatic N) is 6. The van der Waals surface area contributed by atoms with Crippen LogP contribution in [0.4, 0.5) is 30.7 Å². The average molecular weight is 1240 g/mol. The average Bonchev–Trinajstić information content (AvgIpc) is 3.63. The first-order valence-electron chi connectivity index (χ1n) is 24.2. The van der Waals surface area contributed by atoms with E-state index in [4.69, 9.17) is 14.2 Å². The highest BCUT2D eigenvalue weighted by molar-refractivity contribution is 7.87. The van der Waals surface area contributed by atoms with Crippen molar-refractivity contribution < 1.29 is 83.0 Å². The van der Waals surface area contributed by atoms with Crippen LogP contribution in [0.3, 0.4) is 0 Å². The minimum absolute atomic E-state index is 0.0437. The Morgan fingerprint density at radius 2 is 0.643 bits per heavy atom. The van der Waals surface area contributed by atoms with Crippen LogP contribution < -0.4 is 31.3 Å². The van der Waals surface area contributed by atoms with E-state index < -0.39 is 138 Å². The van der Waals surface area contributed by atoms with Crippen molar-refractivity contribution in [3.63, 3.8) is 0 Å². The van der Waals surface area contributed by atoms with Gasteiger partial charge >= 0.3 is 59.8 Å². The van der Waals surface area contributed by atoms with Gasteiger partial charge in [-0.25, -0.2) is 28.1 Å². The quantitative estimate of drug-likeness (QED) is 0.0319. The van der Waals surface area contributed by atoms with Gasteiger partial charge in [0.25, 0.3) is 5.97 Å². The van der Waals surface area contributed by atoms with Crippen LogP contribution in [-0.2, 0) is 62.8 Å². The molecule has 0 aliphatic carbocycles. The smallest absolute Gasteiger partial charge is 0.437 e. The molecule has 0 saturated heterocycles. The molecule has 444 valence electrons. The van der Waals surface area contributed by atoms with Crippen LogP contribution in [0.25, 0.3) is 0 Å². The number of aryl methyl sites for hydroxylation is 3. The molecule has 0 unspecified atom stereocenters. The van der Waals surface area contributed by atoms with Gasteiger partial charge in [0.2, 0.25) is 0 Å². The summed E-state index contributed by atoms with van der Waals surface area (Å²) in [5.41, 5.74) is -6.50. The van der Waals surface area contributed by atoms with Crippen LogP contribution >= 0.6 is 0 Å². The molecule has 0 fully saturated rings. The Bertz CT molecular complexity index is 3930. The van der Waals surface area contributed by atoms with E-state index in [1.165, 1.54) is 60.7 Å². The van der Waals surface area contributed by atoms with E-state index in [1.807, 2.05) is 0 Å². The molecule has 0 bridgehead atoms. The fourth-order valence-corrected chi connectivity index (χ4v) is 9.39. The standard InChI is InChI=1S/C53H45F7N6O15S3/c1-34-4-22-43(23-5-34)82(70,71)79-61-46(52(55,56)57)37-10-16-40(17-11-37)76-31-28-64-49(67)65(29-32-77-41-18-12-38(13-19-41)47(53(58,59)60)62-80-83(72,73)44-24-6-35(2)7-25-44)51(69)66(50(64)68)30-33-78-42-20-14-39(15-21-42)48(54)63-81-84(74,75)45-26-8-36(3)9-27-45/h4-27H,28-33H2,1-3H3/b61-46-,62-47-,63-48?. The summed E-state index contributed by atoms with van der Waals surface area (Å²) in [4.78, 5) is 40.4. The number of aromatic nitrogens is 3. The van der Waals surface area contributed by atoms with Gasteiger partial charge in [-0.05, 0) is 135 Å². The first kappa shape index (κ1) is 62.5. The van der Waals surface area contributed by atoms with Gasteiger partial charge in [0.05, 0.1) is 19.6 Å². The minimum atomic E-state index is -5.22. The lowest BCUT2D eigenvalue weighted by Gasteiger charge is -2.16. The molecule has 31 heteroatoms. The van der Waals surface area contributed by atoms with Crippen molar-refractivity contribution in [3.8, 4) is 17.2 Å². The van der Waals surface area contributed by atoms with E-state index in [9.17, 15) is 70.4 Å². The Kier molecular flexibility index (Phi) is 19.3. The summed E-state index contributed by atoms with van der Waals surface area (Å²) in [6.45, 7) is 1.75. The Balaban J connectivity index is 1.07. The molecule has 84 heavy (non-hydrogen) atoms. The second kappa shape index (κ2) is 26.0. The largest absolute Gasteiger partial charge is 0.492 e. The molecule has 0 atom stereocenters. The summed E-state index contributed by atoms with van der Waals surface area (Å²) in [5.74, 6) is -1.52. The zero-order valence-corrected chi connectivity index (χ0v) is 46.2. The lowest BCUT2D eigenvalue weighted by atomic mass is 10.1. The Hall–Kier alpha value is -9.10. The van der Waals surface area contributed by atoms with Crippen molar-refractivity contribution >= 4 is 47.7 Å². The van der Waals surface area contributed by atoms with Crippen molar-refractivity contribution in [1.29, 1.82) is 0 Å². The molecular formula is C53H45F7N6O15S3. The van der Waals surface area contributed by atoms with Gasteiger partial charge in [-0.2, -0.15) is 56.0 Å². The molecule has 0 aliphatic rings. The van der Waals surface area contributed by atoms with E-state index in [1.54, 1.807) is 20.8 Å². The number of ether oxygens (including phenoxy) is 3. The summed E-state index contributed by atoms with van der Waals surface area (Å²) in [6, 6.07) is 28.0. The number of rotatable bonds is 24. The first-order valence-corrected chi connectivity index (χ1v) is 28.4. The van der Waals surface area contributed by atoms with Crippen molar-refractivity contribution in [2.24, 2.45) is 15.5 Å². The predicted molar refractivity (Wildman–Crippen MR) is 286 cm³/mol. The molecule has 0 spiro atoms. The third-order valence-corrected chi connectivity index (χ3v) is 15.0. The summed E-state index contributed by atoms with van der Waals surface area (Å²) in [5, 5.41) is 8.87. The Morgan fingerprint density at radius 1 is 0.393 bits per heavy atom. The molecule has 6 aromatic carbocycles. The third-order valence-electron chi connectivity index (χ3n) is 11.6. The van der Waals surface area contributed by atoms with Crippen molar-refractivity contribution in [3.05, 3.63) is 210 Å². The lowest BCUT2D eigenvalue weighted by molar-refractivity contribution is -0.0606. The van der Waals surface area contributed by atoms with Crippen molar-refractivity contribution in [1.82, 2.24) is 13.7 Å². The van der Waals surface area contributed by atoms with Gasteiger partial charge in [0, 0.05) is 16.7 Å². The van der Waals surface area contributed by atoms with E-state index in [0.717, 1.165) is 90.5 Å². The predicted octanol–water partition coefficient (Wildman–Crippen LogP) is 7.71. The van der Waals surface area contributed by atoms with Gasteiger partial charge in [-0.15, -0.1) is 0 Å². The second-order valence-electron chi connectivity index (χ2n) is 17.7. The second-order valence-corrected chi connectivity index (χ2v) is 22.3. The van der Waals surface area contributed by atoms with E-state index in [-0.39, 0.29) is 27.7 Å². The molecular weight excluding hydrogens is 1190 g/mol. The van der Waals surface area contributed by atoms with Gasteiger partial charge in [0.1, 0.15) is 51.8 Å². The molecule has 0 amide bonds. The third kappa shape index (κ3) is 16.1. The highest BCUT2D eigenvalue weighted by Crippen LogP contribution is 2.28. The normalized spacial score (nSPS) is 12.9. The number of hydrogen-bond acceptors (Lipinski definition) is 18. The van der Waals surface area contributed by atoms with Crippen molar-refractivity contribution in [2.75, 3.05) is 19.8 Å². The van der Waals surface area contributed by atoms with E-state index in [2.05, 4.69) is 28.3 Å². The zero-order valence-electron chi connectivity index (χ0n) is 43.8. The summed E-state index contributed by atoms with van der Waals surface area (Å²) in [7, 11) is -14.0. The maximum Gasteiger partial charge on any atom is 0.437 e.